The minimum absolute atomic E-state index is 0.166. The van der Waals surface area contributed by atoms with Crippen molar-refractivity contribution >= 4 is 33.0 Å². The fourth-order valence-electron chi connectivity index (χ4n) is 4.84. The largest absolute Gasteiger partial charge is 0.497 e. The molecular weight excluding hydrogens is 566 g/mol. The maximum absolute atomic E-state index is 12.6. The normalized spacial score (nSPS) is 14.1. The maximum atomic E-state index is 12.6. The second kappa shape index (κ2) is 13.6. The molecule has 224 valence electrons. The first-order valence-electron chi connectivity index (χ1n) is 14.0. The van der Waals surface area contributed by atoms with Gasteiger partial charge in [-0.15, -0.1) is 0 Å². The van der Waals surface area contributed by atoms with Gasteiger partial charge in [0.25, 0.3) is 5.91 Å². The summed E-state index contributed by atoms with van der Waals surface area (Å²) in [7, 11) is -1.73. The molecule has 0 aliphatic carbocycles. The standard InChI is InChI=1S/C32H35N5O5S/c1-41-30-5-3-4-28(20-30)35-32(38)24-7-9-25(10-8-24)34-26-16-18-37(19-17-26)22-23-6-15-31(33-21-23)42-29-13-11-27(12-14-29)36-43(2,39)40/h3-15,20-21,26,34,36H,16-19,22H2,1-2H3,(H,35,38). The average molecular weight is 602 g/mol. The van der Waals surface area contributed by atoms with Gasteiger partial charge in [-0.2, -0.15) is 0 Å². The van der Waals surface area contributed by atoms with Crippen LogP contribution in [-0.2, 0) is 16.6 Å². The van der Waals surface area contributed by atoms with Crippen molar-refractivity contribution in [2.75, 3.05) is 41.8 Å². The van der Waals surface area contributed by atoms with Gasteiger partial charge in [0.2, 0.25) is 15.9 Å². The molecule has 0 bridgehead atoms. The number of sulfonamides is 1. The van der Waals surface area contributed by atoms with Gasteiger partial charge in [0, 0.05) is 66.6 Å². The number of benzene rings is 3. The Hall–Kier alpha value is -4.61. The molecule has 1 saturated heterocycles. The number of anilines is 3. The first-order chi connectivity index (χ1) is 20.7. The molecule has 10 nitrogen and oxygen atoms in total. The van der Waals surface area contributed by atoms with Crippen LogP contribution in [0, 0.1) is 0 Å². The van der Waals surface area contributed by atoms with Gasteiger partial charge >= 0.3 is 0 Å². The molecular formula is C32H35N5O5S. The van der Waals surface area contributed by atoms with Crippen molar-refractivity contribution in [3.05, 3.63) is 102 Å². The lowest BCUT2D eigenvalue weighted by Gasteiger charge is -2.32. The molecule has 1 aliphatic rings. The van der Waals surface area contributed by atoms with E-state index in [0.717, 1.165) is 50.0 Å². The van der Waals surface area contributed by atoms with Gasteiger partial charge in [-0.1, -0.05) is 12.1 Å². The third-order valence-corrected chi connectivity index (χ3v) is 7.62. The molecule has 11 heteroatoms. The van der Waals surface area contributed by atoms with Crippen molar-refractivity contribution in [3.63, 3.8) is 0 Å². The van der Waals surface area contributed by atoms with E-state index in [2.05, 4.69) is 25.2 Å². The zero-order valence-corrected chi connectivity index (χ0v) is 24.9. The van der Waals surface area contributed by atoms with Crippen LogP contribution in [0.2, 0.25) is 0 Å². The summed E-state index contributed by atoms with van der Waals surface area (Å²) in [5, 5.41) is 6.51. The Labute approximate surface area is 252 Å². The van der Waals surface area contributed by atoms with Gasteiger partial charge in [0.15, 0.2) is 0 Å². The molecule has 5 rings (SSSR count). The van der Waals surface area contributed by atoms with E-state index in [1.54, 1.807) is 37.4 Å². The number of amides is 1. The molecule has 0 spiro atoms. The van der Waals surface area contributed by atoms with Crippen molar-refractivity contribution < 1.29 is 22.7 Å². The second-order valence-corrected chi connectivity index (χ2v) is 12.2. The summed E-state index contributed by atoms with van der Waals surface area (Å²) in [6.07, 6.45) is 4.95. The molecule has 1 fully saturated rings. The number of methoxy groups -OCH3 is 1. The molecule has 4 aromatic rings. The first kappa shape index (κ1) is 29.9. The maximum Gasteiger partial charge on any atom is 0.255 e. The van der Waals surface area contributed by atoms with Crippen LogP contribution in [0.1, 0.15) is 28.8 Å². The SMILES string of the molecule is COc1cccc(NC(=O)c2ccc(NC3CCN(Cc4ccc(Oc5ccc(NS(C)(=O)=O)cc5)nc4)CC3)cc2)c1. The Kier molecular flexibility index (Phi) is 9.43. The quantitative estimate of drug-likeness (QED) is 0.204. The van der Waals surface area contributed by atoms with Crippen molar-refractivity contribution in [2.24, 2.45) is 0 Å². The fourth-order valence-corrected chi connectivity index (χ4v) is 5.41. The second-order valence-electron chi connectivity index (χ2n) is 10.5. The number of nitrogens with zero attached hydrogens (tertiary/aromatic N) is 2. The molecule has 0 atom stereocenters. The first-order valence-corrected chi connectivity index (χ1v) is 15.9. The van der Waals surface area contributed by atoms with E-state index in [9.17, 15) is 13.2 Å². The summed E-state index contributed by atoms with van der Waals surface area (Å²) >= 11 is 0. The van der Waals surface area contributed by atoms with Gasteiger partial charge in [0.1, 0.15) is 11.5 Å². The Morgan fingerprint density at radius 1 is 0.907 bits per heavy atom. The van der Waals surface area contributed by atoms with Crippen molar-refractivity contribution in [3.8, 4) is 17.4 Å². The van der Waals surface area contributed by atoms with E-state index < -0.39 is 10.0 Å². The third-order valence-electron chi connectivity index (χ3n) is 7.02. The molecule has 0 radical (unpaired) electrons. The van der Waals surface area contributed by atoms with Gasteiger partial charge in [-0.25, -0.2) is 13.4 Å². The number of aromatic nitrogens is 1. The van der Waals surface area contributed by atoms with Gasteiger partial charge in [-0.3, -0.25) is 14.4 Å². The average Bonchev–Trinajstić information content (AvgIpc) is 3.00. The number of pyridine rings is 1. The van der Waals surface area contributed by atoms with E-state index in [-0.39, 0.29) is 5.91 Å². The summed E-state index contributed by atoms with van der Waals surface area (Å²) in [4.78, 5) is 19.5. The lowest BCUT2D eigenvalue weighted by Crippen LogP contribution is -2.38. The highest BCUT2D eigenvalue weighted by Crippen LogP contribution is 2.24. The Morgan fingerprint density at radius 3 is 2.28 bits per heavy atom. The van der Waals surface area contributed by atoms with Crippen LogP contribution in [0.3, 0.4) is 0 Å². The molecule has 3 N–H and O–H groups in total. The van der Waals surface area contributed by atoms with Gasteiger partial charge < -0.3 is 20.1 Å². The summed E-state index contributed by atoms with van der Waals surface area (Å²) in [6.45, 7) is 2.73. The smallest absolute Gasteiger partial charge is 0.255 e. The van der Waals surface area contributed by atoms with Crippen LogP contribution < -0.4 is 24.8 Å². The Balaban J connectivity index is 1.05. The molecule has 0 saturated carbocycles. The van der Waals surface area contributed by atoms with E-state index >= 15 is 0 Å². The van der Waals surface area contributed by atoms with E-state index in [0.29, 0.717) is 40.4 Å². The van der Waals surface area contributed by atoms with E-state index in [4.69, 9.17) is 9.47 Å². The predicted molar refractivity (Wildman–Crippen MR) is 169 cm³/mol. The molecule has 1 aromatic heterocycles. The molecule has 43 heavy (non-hydrogen) atoms. The molecule has 1 aliphatic heterocycles. The topological polar surface area (TPSA) is 122 Å². The van der Waals surface area contributed by atoms with Crippen LogP contribution in [-0.4, -0.2) is 56.7 Å². The van der Waals surface area contributed by atoms with Crippen molar-refractivity contribution in [1.29, 1.82) is 0 Å². The lowest BCUT2D eigenvalue weighted by molar-refractivity contribution is 0.102. The van der Waals surface area contributed by atoms with Crippen LogP contribution in [0.15, 0.2) is 91.1 Å². The number of hydrogen-bond donors (Lipinski definition) is 3. The van der Waals surface area contributed by atoms with E-state index in [1.165, 1.54) is 0 Å². The number of likely N-dealkylation sites (tertiary alicyclic amines) is 1. The van der Waals surface area contributed by atoms with Crippen LogP contribution in [0.4, 0.5) is 17.1 Å². The summed E-state index contributed by atoms with van der Waals surface area (Å²) < 4.78 is 36.2. The van der Waals surface area contributed by atoms with E-state index in [1.807, 2.05) is 60.8 Å². The minimum Gasteiger partial charge on any atom is -0.497 e. The Bertz CT molecular complexity index is 1620. The number of hydrogen-bond acceptors (Lipinski definition) is 8. The van der Waals surface area contributed by atoms with Crippen LogP contribution in [0.25, 0.3) is 0 Å². The number of ether oxygens (including phenoxy) is 2. The number of piperidine rings is 1. The number of carbonyl (C=O) groups is 1. The Morgan fingerprint density at radius 2 is 1.63 bits per heavy atom. The van der Waals surface area contributed by atoms with Gasteiger partial charge in [-0.05, 0) is 79.1 Å². The monoisotopic (exact) mass is 601 g/mol. The van der Waals surface area contributed by atoms with Crippen molar-refractivity contribution in [1.82, 2.24) is 9.88 Å². The zero-order chi connectivity index (χ0) is 30.2. The summed E-state index contributed by atoms with van der Waals surface area (Å²) in [6, 6.07) is 25.7. The lowest BCUT2D eigenvalue weighted by atomic mass is 10.0. The molecule has 3 aromatic carbocycles. The van der Waals surface area contributed by atoms with Crippen LogP contribution >= 0.6 is 0 Å². The molecule has 0 unspecified atom stereocenters. The summed E-state index contributed by atoms with van der Waals surface area (Å²) in [5.41, 5.74) is 3.85. The minimum atomic E-state index is -3.32. The molecule has 1 amide bonds. The molecule has 2 heterocycles. The highest BCUT2D eigenvalue weighted by Gasteiger charge is 2.19. The van der Waals surface area contributed by atoms with Crippen molar-refractivity contribution in [2.45, 2.75) is 25.4 Å². The fraction of sp³-hybridized carbons (Fsp3) is 0.250. The number of rotatable bonds is 11. The summed E-state index contributed by atoms with van der Waals surface area (Å²) in [5.74, 6) is 1.56. The predicted octanol–water partition coefficient (Wildman–Crippen LogP) is 5.58. The zero-order valence-electron chi connectivity index (χ0n) is 24.1. The number of carbonyl (C=O) groups excluding carboxylic acids is 1. The third kappa shape index (κ3) is 8.94. The highest BCUT2D eigenvalue weighted by molar-refractivity contribution is 7.92. The van der Waals surface area contributed by atoms with Gasteiger partial charge in [0.05, 0.1) is 13.4 Å². The highest BCUT2D eigenvalue weighted by atomic mass is 32.2. The number of nitrogens with one attached hydrogen (secondary N) is 3. The van der Waals surface area contributed by atoms with Crippen LogP contribution in [0.5, 0.6) is 17.4 Å².